The van der Waals surface area contributed by atoms with E-state index in [4.69, 9.17) is 47.5 Å². The summed E-state index contributed by atoms with van der Waals surface area (Å²) in [6.07, 6.45) is -3.33. The minimum Gasteiger partial charge on any atom is -0.462 e. The standard InChI is InChI=1S/C21H27Cl2N4O8P/c1-12(2)33-18(29)13(3)26-36(31,35-14-7-5-4-6-8-14)32-11-15-17(28)21(22,23)19(34-15)27-10-9-16(24)25-20(27)30/h4-10,12-13,15,17,19,28H,11H2,1-3H3,(H,26,31)(H2,24,25,30)/t13-,15+,17?,19+,36?/m0/s1. The van der Waals surface area contributed by atoms with E-state index in [-0.39, 0.29) is 11.6 Å². The van der Waals surface area contributed by atoms with Gasteiger partial charge in [-0.3, -0.25) is 13.9 Å². The number of benzene rings is 1. The van der Waals surface area contributed by atoms with Crippen LogP contribution in [0.5, 0.6) is 5.75 Å². The molecule has 1 aliphatic rings. The van der Waals surface area contributed by atoms with Gasteiger partial charge in [0.2, 0.25) is 0 Å². The molecule has 2 heterocycles. The van der Waals surface area contributed by atoms with Crippen molar-refractivity contribution in [1.82, 2.24) is 14.6 Å². The van der Waals surface area contributed by atoms with Crippen molar-refractivity contribution in [3.05, 3.63) is 53.1 Å². The molecule has 1 aromatic carbocycles. The number of aromatic nitrogens is 2. The number of nitrogens with zero attached hydrogens (tertiary/aromatic N) is 2. The Balaban J connectivity index is 1.79. The number of ether oxygens (including phenoxy) is 2. The predicted octanol–water partition coefficient (Wildman–Crippen LogP) is 2.39. The second-order valence-corrected chi connectivity index (χ2v) is 11.4. The summed E-state index contributed by atoms with van der Waals surface area (Å²) < 4.78 is 34.5. The van der Waals surface area contributed by atoms with E-state index in [0.717, 1.165) is 4.57 Å². The maximum Gasteiger partial charge on any atom is 0.459 e. The summed E-state index contributed by atoms with van der Waals surface area (Å²) in [5.41, 5.74) is 4.70. The molecule has 1 fully saturated rings. The smallest absolute Gasteiger partial charge is 0.459 e. The second kappa shape index (κ2) is 11.5. The average molecular weight is 565 g/mol. The number of nitrogen functional groups attached to an aromatic ring is 1. The zero-order valence-corrected chi connectivity index (χ0v) is 22.0. The molecule has 198 valence electrons. The zero-order valence-electron chi connectivity index (χ0n) is 19.6. The van der Waals surface area contributed by atoms with Crippen LogP contribution < -0.4 is 21.0 Å². The molecule has 0 saturated carbocycles. The van der Waals surface area contributed by atoms with E-state index in [9.17, 15) is 19.3 Å². The first kappa shape index (κ1) is 28.4. The Hall–Kier alpha value is -2.18. The van der Waals surface area contributed by atoms with Crippen LogP contribution in [0.1, 0.15) is 27.0 Å². The van der Waals surface area contributed by atoms with Gasteiger partial charge in [0.25, 0.3) is 0 Å². The number of aliphatic hydroxyl groups excluding tert-OH is 1. The third-order valence-electron chi connectivity index (χ3n) is 4.92. The number of aliphatic hydroxyl groups is 1. The lowest BCUT2D eigenvalue weighted by Gasteiger charge is -2.25. The first-order valence-electron chi connectivity index (χ1n) is 10.9. The van der Waals surface area contributed by atoms with Gasteiger partial charge < -0.3 is 24.8 Å². The van der Waals surface area contributed by atoms with Crippen molar-refractivity contribution >= 4 is 42.7 Å². The van der Waals surface area contributed by atoms with Gasteiger partial charge in [-0.05, 0) is 39.0 Å². The van der Waals surface area contributed by atoms with Crippen LogP contribution >= 0.6 is 30.9 Å². The molecule has 12 nitrogen and oxygen atoms in total. The molecule has 5 atom stereocenters. The Labute approximate surface area is 217 Å². The van der Waals surface area contributed by atoms with Gasteiger partial charge in [0, 0.05) is 6.20 Å². The molecule has 1 aromatic heterocycles. The van der Waals surface area contributed by atoms with E-state index in [1.165, 1.54) is 31.3 Å². The highest BCUT2D eigenvalue weighted by atomic mass is 35.5. The van der Waals surface area contributed by atoms with E-state index in [1.54, 1.807) is 32.0 Å². The van der Waals surface area contributed by atoms with E-state index < -0.39 is 60.9 Å². The maximum absolute atomic E-state index is 13.6. The molecule has 4 N–H and O–H groups in total. The minimum absolute atomic E-state index is 0.0281. The Kier molecular flexibility index (Phi) is 9.05. The highest BCUT2D eigenvalue weighted by Gasteiger charge is 2.56. The van der Waals surface area contributed by atoms with Crippen molar-refractivity contribution in [2.24, 2.45) is 0 Å². The first-order chi connectivity index (χ1) is 16.8. The number of rotatable bonds is 10. The quantitative estimate of drug-likeness (QED) is 0.220. The number of hydrogen-bond acceptors (Lipinski definition) is 10. The highest BCUT2D eigenvalue weighted by molar-refractivity contribution is 7.52. The van der Waals surface area contributed by atoms with Crippen molar-refractivity contribution in [2.45, 2.75) is 55.7 Å². The Morgan fingerprint density at radius 2 is 1.97 bits per heavy atom. The van der Waals surface area contributed by atoms with Gasteiger partial charge >= 0.3 is 19.4 Å². The number of para-hydroxylation sites is 1. The summed E-state index contributed by atoms with van der Waals surface area (Å²) in [7, 11) is -4.25. The summed E-state index contributed by atoms with van der Waals surface area (Å²) in [5, 5.41) is 13.2. The molecule has 0 spiro atoms. The molecular formula is C21H27Cl2N4O8P. The third-order valence-corrected chi connectivity index (χ3v) is 7.38. The van der Waals surface area contributed by atoms with Gasteiger partial charge in [0.05, 0.1) is 12.7 Å². The Morgan fingerprint density at radius 1 is 1.31 bits per heavy atom. The summed E-state index contributed by atoms with van der Waals surface area (Å²) >= 11 is 12.6. The molecule has 36 heavy (non-hydrogen) atoms. The molecule has 15 heteroatoms. The number of esters is 1. The number of nitrogens with two attached hydrogens (primary N) is 1. The molecule has 0 amide bonds. The molecule has 0 aliphatic carbocycles. The lowest BCUT2D eigenvalue weighted by molar-refractivity contribution is -0.149. The van der Waals surface area contributed by atoms with Crippen LogP contribution in [0, 0.1) is 0 Å². The molecule has 3 rings (SSSR count). The maximum atomic E-state index is 13.6. The summed E-state index contributed by atoms with van der Waals surface area (Å²) in [6.45, 7) is 4.22. The highest BCUT2D eigenvalue weighted by Crippen LogP contribution is 2.49. The average Bonchev–Trinajstić information content (AvgIpc) is 3.01. The Bertz CT molecular complexity index is 1170. The Morgan fingerprint density at radius 3 is 2.58 bits per heavy atom. The first-order valence-corrected chi connectivity index (χ1v) is 13.2. The monoisotopic (exact) mass is 564 g/mol. The van der Waals surface area contributed by atoms with Crippen molar-refractivity contribution in [1.29, 1.82) is 0 Å². The fraction of sp³-hybridized carbons (Fsp3) is 0.476. The summed E-state index contributed by atoms with van der Waals surface area (Å²) in [4.78, 5) is 28.1. The molecular weight excluding hydrogens is 538 g/mol. The number of carbonyl (C=O) groups excluding carboxylic acids is 1. The molecule has 0 bridgehead atoms. The van der Waals surface area contributed by atoms with Crippen LogP contribution in [0.15, 0.2) is 47.4 Å². The van der Waals surface area contributed by atoms with Crippen molar-refractivity contribution in [3.8, 4) is 5.75 Å². The summed E-state index contributed by atoms with van der Waals surface area (Å²) in [6, 6.07) is 8.35. The third kappa shape index (κ3) is 6.77. The van der Waals surface area contributed by atoms with Gasteiger partial charge in [0.1, 0.15) is 29.8 Å². The van der Waals surface area contributed by atoms with Crippen LogP contribution in [0.2, 0.25) is 0 Å². The number of anilines is 1. The zero-order chi connectivity index (χ0) is 26.7. The SMILES string of the molecule is CC(C)OC(=O)[C@H](C)NP(=O)(OC[C@H]1O[C@@H](n2ccc(N)nc2=O)C(Cl)(Cl)C1O)Oc1ccccc1. The lowest BCUT2D eigenvalue weighted by atomic mass is 10.2. The predicted molar refractivity (Wildman–Crippen MR) is 132 cm³/mol. The van der Waals surface area contributed by atoms with E-state index in [2.05, 4.69) is 10.1 Å². The summed E-state index contributed by atoms with van der Waals surface area (Å²) in [5.74, 6) is -0.523. The minimum atomic E-state index is -4.25. The molecule has 1 saturated heterocycles. The normalized spacial score (nSPS) is 23.7. The fourth-order valence-electron chi connectivity index (χ4n) is 3.22. The van der Waals surface area contributed by atoms with E-state index in [0.29, 0.717) is 0 Å². The van der Waals surface area contributed by atoms with Crippen molar-refractivity contribution in [3.63, 3.8) is 0 Å². The van der Waals surface area contributed by atoms with Gasteiger partial charge in [-0.15, -0.1) is 0 Å². The van der Waals surface area contributed by atoms with E-state index in [1.807, 2.05) is 0 Å². The number of carbonyl (C=O) groups is 1. The van der Waals surface area contributed by atoms with Gasteiger partial charge in [-0.25, -0.2) is 9.36 Å². The lowest BCUT2D eigenvalue weighted by Crippen LogP contribution is -2.40. The van der Waals surface area contributed by atoms with Crippen LogP contribution in [0.4, 0.5) is 5.82 Å². The van der Waals surface area contributed by atoms with Gasteiger partial charge in [0.15, 0.2) is 10.6 Å². The van der Waals surface area contributed by atoms with Crippen LogP contribution in [-0.2, 0) is 23.4 Å². The molecule has 0 radical (unpaired) electrons. The second-order valence-electron chi connectivity index (χ2n) is 8.22. The number of hydrogen-bond donors (Lipinski definition) is 3. The van der Waals surface area contributed by atoms with E-state index >= 15 is 0 Å². The van der Waals surface area contributed by atoms with Crippen LogP contribution in [0.25, 0.3) is 0 Å². The van der Waals surface area contributed by atoms with Crippen molar-refractivity contribution < 1.29 is 33.0 Å². The van der Waals surface area contributed by atoms with Crippen molar-refractivity contribution in [2.75, 3.05) is 12.3 Å². The number of halogens is 2. The molecule has 2 aromatic rings. The fourth-order valence-corrected chi connectivity index (χ4v) is 5.31. The largest absolute Gasteiger partial charge is 0.462 e. The number of alkyl halides is 2. The van der Waals surface area contributed by atoms with Crippen LogP contribution in [0.3, 0.4) is 0 Å². The van der Waals surface area contributed by atoms with Crippen LogP contribution in [-0.4, -0.2) is 55.9 Å². The van der Waals surface area contributed by atoms with Gasteiger partial charge in [-0.2, -0.15) is 10.1 Å². The molecule has 1 aliphatic heterocycles. The molecule has 2 unspecified atom stereocenters. The number of nitrogens with one attached hydrogen (secondary N) is 1. The van der Waals surface area contributed by atoms with Gasteiger partial charge in [-0.1, -0.05) is 41.4 Å². The topological polar surface area (TPSA) is 164 Å².